The first-order chi connectivity index (χ1) is 13.9. The van der Waals surface area contributed by atoms with Gasteiger partial charge in [-0.05, 0) is 31.2 Å². The van der Waals surface area contributed by atoms with Gasteiger partial charge in [0, 0.05) is 43.9 Å². The number of benzene rings is 2. The van der Waals surface area contributed by atoms with Crippen LogP contribution in [-0.4, -0.2) is 61.0 Å². The Morgan fingerprint density at radius 2 is 1.83 bits per heavy atom. The van der Waals surface area contributed by atoms with Gasteiger partial charge in [0.15, 0.2) is 0 Å². The van der Waals surface area contributed by atoms with Gasteiger partial charge in [-0.25, -0.2) is 0 Å². The van der Waals surface area contributed by atoms with E-state index in [1.807, 2.05) is 18.2 Å². The average molecular weight is 399 g/mol. The lowest BCUT2D eigenvalue weighted by Crippen LogP contribution is -2.48. The van der Waals surface area contributed by atoms with Gasteiger partial charge in [0.2, 0.25) is 0 Å². The number of piperazine rings is 1. The summed E-state index contributed by atoms with van der Waals surface area (Å²) in [5.74, 6) is 1.26. The minimum atomic E-state index is -0.478. The maximum Gasteiger partial charge on any atom is 0.285 e. The van der Waals surface area contributed by atoms with Crippen molar-refractivity contribution >= 4 is 11.6 Å². The van der Waals surface area contributed by atoms with Crippen LogP contribution in [0.2, 0.25) is 0 Å². The van der Waals surface area contributed by atoms with Crippen molar-refractivity contribution in [2.45, 2.75) is 13.5 Å². The van der Waals surface area contributed by atoms with E-state index in [-0.39, 0.29) is 17.2 Å². The molecule has 8 heteroatoms. The largest absolute Gasteiger partial charge is 0.497 e. The third-order valence-corrected chi connectivity index (χ3v) is 5.19. The molecule has 2 aromatic carbocycles. The summed E-state index contributed by atoms with van der Waals surface area (Å²) < 4.78 is 10.7. The first-order valence-corrected chi connectivity index (χ1v) is 9.41. The van der Waals surface area contributed by atoms with Gasteiger partial charge in [0.1, 0.15) is 17.1 Å². The molecule has 0 aliphatic carbocycles. The molecule has 1 fully saturated rings. The number of ether oxygens (including phenoxy) is 2. The number of amides is 1. The Morgan fingerprint density at radius 1 is 1.10 bits per heavy atom. The average Bonchev–Trinajstić information content (AvgIpc) is 2.73. The number of nitro groups is 1. The quantitative estimate of drug-likeness (QED) is 0.549. The van der Waals surface area contributed by atoms with Crippen molar-refractivity contribution in [3.63, 3.8) is 0 Å². The third-order valence-electron chi connectivity index (χ3n) is 5.19. The zero-order valence-electron chi connectivity index (χ0n) is 16.9. The molecule has 1 aliphatic heterocycles. The van der Waals surface area contributed by atoms with Gasteiger partial charge >= 0.3 is 0 Å². The fraction of sp³-hybridized carbons (Fsp3) is 0.381. The first-order valence-electron chi connectivity index (χ1n) is 9.41. The monoisotopic (exact) mass is 399 g/mol. The second-order valence-corrected chi connectivity index (χ2v) is 6.97. The lowest BCUT2D eigenvalue weighted by atomic mass is 10.1. The molecule has 0 atom stereocenters. The van der Waals surface area contributed by atoms with Crippen LogP contribution in [0.5, 0.6) is 11.5 Å². The Kier molecular flexibility index (Phi) is 6.33. The SMILES string of the molecule is COc1ccc(OC)c(CN2CCN(C(=O)c3cccc(C)c3[N+](=O)[O-])CC2)c1. The Hall–Kier alpha value is -3.13. The highest BCUT2D eigenvalue weighted by molar-refractivity contribution is 5.98. The Labute approximate surface area is 169 Å². The van der Waals surface area contributed by atoms with E-state index in [0.717, 1.165) is 17.1 Å². The Morgan fingerprint density at radius 3 is 2.45 bits per heavy atom. The number of hydrogen-bond donors (Lipinski definition) is 0. The summed E-state index contributed by atoms with van der Waals surface area (Å²) in [4.78, 5) is 27.7. The molecule has 2 aromatic rings. The number of carbonyl (C=O) groups excluding carboxylic acids is 1. The van der Waals surface area contributed by atoms with Crippen LogP contribution in [0.15, 0.2) is 36.4 Å². The molecule has 8 nitrogen and oxygen atoms in total. The van der Waals surface area contributed by atoms with Crippen LogP contribution < -0.4 is 9.47 Å². The molecule has 154 valence electrons. The zero-order chi connectivity index (χ0) is 21.0. The van der Waals surface area contributed by atoms with Crippen molar-refractivity contribution in [2.24, 2.45) is 0 Å². The van der Waals surface area contributed by atoms with E-state index in [2.05, 4.69) is 4.90 Å². The van der Waals surface area contributed by atoms with Crippen LogP contribution in [0, 0.1) is 17.0 Å². The molecule has 0 N–H and O–H groups in total. The summed E-state index contributed by atoms with van der Waals surface area (Å²) in [6.07, 6.45) is 0. The van der Waals surface area contributed by atoms with Crippen molar-refractivity contribution in [3.05, 3.63) is 63.2 Å². The molecule has 0 unspecified atom stereocenters. The molecule has 29 heavy (non-hydrogen) atoms. The molecular weight excluding hydrogens is 374 g/mol. The lowest BCUT2D eigenvalue weighted by molar-refractivity contribution is -0.385. The standard InChI is InChI=1S/C21H25N3O5/c1-15-5-4-6-18(20(15)24(26)27)21(25)23-11-9-22(10-12-23)14-16-13-17(28-2)7-8-19(16)29-3/h4-8,13H,9-12,14H2,1-3H3. The summed E-state index contributed by atoms with van der Waals surface area (Å²) >= 11 is 0. The van der Waals surface area contributed by atoms with Gasteiger partial charge in [-0.3, -0.25) is 19.8 Å². The van der Waals surface area contributed by atoms with E-state index in [9.17, 15) is 14.9 Å². The number of nitro benzene ring substituents is 1. The minimum absolute atomic E-state index is 0.110. The summed E-state index contributed by atoms with van der Waals surface area (Å²) in [7, 11) is 3.26. The summed E-state index contributed by atoms with van der Waals surface area (Å²) in [6, 6.07) is 10.5. The van der Waals surface area contributed by atoms with Crippen LogP contribution in [0.3, 0.4) is 0 Å². The van der Waals surface area contributed by atoms with E-state index >= 15 is 0 Å². The molecule has 1 aliphatic rings. The van der Waals surface area contributed by atoms with E-state index < -0.39 is 4.92 Å². The number of nitrogens with zero attached hydrogens (tertiary/aromatic N) is 3. The van der Waals surface area contributed by atoms with Crippen molar-refractivity contribution in [1.29, 1.82) is 0 Å². The predicted molar refractivity (Wildman–Crippen MR) is 109 cm³/mol. The van der Waals surface area contributed by atoms with Crippen LogP contribution in [-0.2, 0) is 6.54 Å². The second kappa shape index (κ2) is 8.91. The highest BCUT2D eigenvalue weighted by atomic mass is 16.6. The third kappa shape index (κ3) is 4.48. The van der Waals surface area contributed by atoms with Gasteiger partial charge in [0.05, 0.1) is 19.1 Å². The molecule has 3 rings (SSSR count). The van der Waals surface area contributed by atoms with E-state index in [1.54, 1.807) is 38.2 Å². The smallest absolute Gasteiger partial charge is 0.285 e. The maximum absolute atomic E-state index is 12.9. The summed E-state index contributed by atoms with van der Waals surface area (Å²) in [6.45, 7) is 4.69. The predicted octanol–water partition coefficient (Wildman–Crippen LogP) is 2.88. The number of carbonyl (C=O) groups is 1. The molecule has 0 spiro atoms. The van der Waals surface area contributed by atoms with Gasteiger partial charge in [0.25, 0.3) is 11.6 Å². The molecule has 0 aromatic heterocycles. The van der Waals surface area contributed by atoms with Crippen LogP contribution in [0.4, 0.5) is 5.69 Å². The zero-order valence-corrected chi connectivity index (χ0v) is 16.9. The molecule has 1 saturated heterocycles. The van der Waals surface area contributed by atoms with Crippen molar-refractivity contribution in [2.75, 3.05) is 40.4 Å². The number of hydrogen-bond acceptors (Lipinski definition) is 6. The number of aryl methyl sites for hydroxylation is 1. The van der Waals surface area contributed by atoms with E-state index in [0.29, 0.717) is 38.3 Å². The molecule has 1 amide bonds. The molecule has 0 saturated carbocycles. The van der Waals surface area contributed by atoms with Crippen molar-refractivity contribution in [3.8, 4) is 11.5 Å². The van der Waals surface area contributed by atoms with Crippen molar-refractivity contribution < 1.29 is 19.2 Å². The fourth-order valence-corrected chi connectivity index (χ4v) is 3.60. The van der Waals surface area contributed by atoms with Gasteiger partial charge in [-0.2, -0.15) is 0 Å². The summed E-state index contributed by atoms with van der Waals surface area (Å²) in [5.41, 5.74) is 1.55. The van der Waals surface area contributed by atoms with Gasteiger partial charge in [-0.15, -0.1) is 0 Å². The van der Waals surface area contributed by atoms with Crippen LogP contribution in [0.1, 0.15) is 21.5 Å². The molecular formula is C21H25N3O5. The number of rotatable bonds is 6. The topological polar surface area (TPSA) is 85.2 Å². The molecule has 1 heterocycles. The number of methoxy groups -OCH3 is 2. The second-order valence-electron chi connectivity index (χ2n) is 6.97. The highest BCUT2D eigenvalue weighted by Gasteiger charge is 2.28. The van der Waals surface area contributed by atoms with E-state index in [4.69, 9.17) is 9.47 Å². The van der Waals surface area contributed by atoms with Crippen LogP contribution in [0.25, 0.3) is 0 Å². The minimum Gasteiger partial charge on any atom is -0.497 e. The summed E-state index contributed by atoms with van der Waals surface area (Å²) in [5, 5.41) is 11.4. The molecule has 0 radical (unpaired) electrons. The number of para-hydroxylation sites is 1. The lowest BCUT2D eigenvalue weighted by Gasteiger charge is -2.35. The molecule has 0 bridgehead atoms. The van der Waals surface area contributed by atoms with Gasteiger partial charge < -0.3 is 14.4 Å². The normalized spacial score (nSPS) is 14.5. The fourth-order valence-electron chi connectivity index (χ4n) is 3.60. The van der Waals surface area contributed by atoms with Gasteiger partial charge in [-0.1, -0.05) is 12.1 Å². The first kappa shape index (κ1) is 20.6. The Bertz CT molecular complexity index is 907. The van der Waals surface area contributed by atoms with Crippen LogP contribution >= 0.6 is 0 Å². The highest BCUT2D eigenvalue weighted by Crippen LogP contribution is 2.27. The maximum atomic E-state index is 12.9. The van der Waals surface area contributed by atoms with E-state index in [1.165, 1.54) is 6.07 Å². The Balaban J connectivity index is 1.68. The van der Waals surface area contributed by atoms with Crippen molar-refractivity contribution in [1.82, 2.24) is 9.80 Å².